The molecule has 0 heterocycles. The molecule has 1 N–H and O–H groups in total. The van der Waals surface area contributed by atoms with Gasteiger partial charge in [-0.2, -0.15) is 0 Å². The van der Waals surface area contributed by atoms with Gasteiger partial charge in [0, 0.05) is 6.54 Å². The molecule has 2 nitrogen and oxygen atoms in total. The van der Waals surface area contributed by atoms with Crippen molar-refractivity contribution in [2.45, 2.75) is 31.0 Å². The molecule has 4 heteroatoms. The van der Waals surface area contributed by atoms with E-state index in [4.69, 9.17) is 23.2 Å². The van der Waals surface area contributed by atoms with Gasteiger partial charge in [-0.3, -0.25) is 4.79 Å². The lowest BCUT2D eigenvalue weighted by molar-refractivity contribution is -0.122. The molecule has 1 fully saturated rings. The maximum Gasteiger partial charge on any atom is 0.226 e. The van der Waals surface area contributed by atoms with E-state index < -0.39 is 4.33 Å². The number of alkyl halides is 2. The van der Waals surface area contributed by atoms with E-state index in [0.717, 1.165) is 13.0 Å². The Kier molecular flexibility index (Phi) is 3.47. The van der Waals surface area contributed by atoms with Crippen LogP contribution in [0.15, 0.2) is 0 Å². The lowest BCUT2D eigenvalue weighted by Gasteiger charge is -2.06. The fourth-order valence-electron chi connectivity index (χ4n) is 1.10. The second-order valence-electron chi connectivity index (χ2n) is 3.99. The molecule has 0 aromatic heterocycles. The lowest BCUT2D eigenvalue weighted by atomic mass is 10.1. The maximum absolute atomic E-state index is 11.3. The minimum absolute atomic E-state index is 0.00866. The van der Waals surface area contributed by atoms with Crippen LogP contribution in [0.4, 0.5) is 0 Å². The van der Waals surface area contributed by atoms with Crippen LogP contribution in [0.3, 0.4) is 0 Å². The molecule has 1 unspecified atom stereocenters. The molecule has 0 aromatic rings. The predicted molar refractivity (Wildman–Crippen MR) is 55.0 cm³/mol. The fraction of sp³-hybridized carbons (Fsp3) is 0.889. The Labute approximate surface area is 89.0 Å². The normalized spacial score (nSPS) is 24.5. The molecule has 76 valence electrons. The molecule has 1 rings (SSSR count). The molecule has 13 heavy (non-hydrogen) atoms. The van der Waals surface area contributed by atoms with Crippen molar-refractivity contribution in [2.75, 3.05) is 6.54 Å². The number of carbonyl (C=O) groups is 1. The molecule has 1 amide bonds. The first kappa shape index (κ1) is 11.1. The minimum Gasteiger partial charge on any atom is -0.356 e. The van der Waals surface area contributed by atoms with Crippen LogP contribution in [0.25, 0.3) is 0 Å². The highest BCUT2D eigenvalue weighted by Gasteiger charge is 2.56. The molecular formula is C9H15Cl2NO. The zero-order valence-electron chi connectivity index (χ0n) is 7.94. The van der Waals surface area contributed by atoms with Gasteiger partial charge >= 0.3 is 0 Å². The van der Waals surface area contributed by atoms with Crippen LogP contribution >= 0.6 is 23.2 Å². The number of hydrogen-bond donors (Lipinski definition) is 1. The number of carbonyl (C=O) groups excluding carboxylic acids is 1. The summed E-state index contributed by atoms with van der Waals surface area (Å²) in [7, 11) is 0. The van der Waals surface area contributed by atoms with Crippen LogP contribution in [0, 0.1) is 11.8 Å². The smallest absolute Gasteiger partial charge is 0.226 e. The van der Waals surface area contributed by atoms with E-state index in [9.17, 15) is 4.79 Å². The molecule has 0 radical (unpaired) electrons. The van der Waals surface area contributed by atoms with Gasteiger partial charge in [-0.25, -0.2) is 0 Å². The molecular weight excluding hydrogens is 209 g/mol. The molecule has 0 spiro atoms. The summed E-state index contributed by atoms with van der Waals surface area (Å²) in [5.74, 6) is 0.407. The lowest BCUT2D eigenvalue weighted by Crippen LogP contribution is -2.28. The highest BCUT2D eigenvalue weighted by Crippen LogP contribution is 2.53. The minimum atomic E-state index is -0.790. The summed E-state index contributed by atoms with van der Waals surface area (Å²) in [6.45, 7) is 4.96. The van der Waals surface area contributed by atoms with Gasteiger partial charge in [0.25, 0.3) is 0 Å². The topological polar surface area (TPSA) is 29.1 Å². The van der Waals surface area contributed by atoms with Crippen LogP contribution in [0.2, 0.25) is 0 Å². The van der Waals surface area contributed by atoms with Gasteiger partial charge in [0.1, 0.15) is 4.33 Å². The average Bonchev–Trinajstić information content (AvgIpc) is 2.59. The maximum atomic E-state index is 11.3. The van der Waals surface area contributed by atoms with Gasteiger partial charge in [0.15, 0.2) is 0 Å². The zero-order valence-corrected chi connectivity index (χ0v) is 9.45. The second kappa shape index (κ2) is 4.05. The Hall–Kier alpha value is 0.0500. The first-order valence-corrected chi connectivity index (χ1v) is 5.34. The third-order valence-electron chi connectivity index (χ3n) is 2.16. The number of hydrogen-bond acceptors (Lipinski definition) is 1. The summed E-state index contributed by atoms with van der Waals surface area (Å²) in [6, 6.07) is 0. The molecule has 0 aromatic carbocycles. The molecule has 1 aliphatic rings. The van der Waals surface area contributed by atoms with Crippen LogP contribution in [0.1, 0.15) is 26.7 Å². The average molecular weight is 224 g/mol. The first-order chi connectivity index (χ1) is 5.93. The van der Waals surface area contributed by atoms with Gasteiger partial charge in [-0.05, 0) is 18.8 Å². The zero-order chi connectivity index (χ0) is 10.1. The van der Waals surface area contributed by atoms with Gasteiger partial charge < -0.3 is 5.32 Å². The van der Waals surface area contributed by atoms with Crippen molar-refractivity contribution in [3.63, 3.8) is 0 Å². The van der Waals surface area contributed by atoms with Gasteiger partial charge in [-0.15, -0.1) is 23.2 Å². The van der Waals surface area contributed by atoms with Crippen molar-refractivity contribution in [3.05, 3.63) is 0 Å². The fourth-order valence-corrected chi connectivity index (χ4v) is 1.61. The Balaban J connectivity index is 2.13. The van der Waals surface area contributed by atoms with Crippen molar-refractivity contribution in [1.29, 1.82) is 0 Å². The predicted octanol–water partition coefficient (Wildman–Crippen LogP) is 2.34. The van der Waals surface area contributed by atoms with E-state index in [1.165, 1.54) is 0 Å². The number of nitrogens with one attached hydrogen (secondary N) is 1. The molecule has 1 saturated carbocycles. The third kappa shape index (κ3) is 3.35. The van der Waals surface area contributed by atoms with Gasteiger partial charge in [0.2, 0.25) is 5.91 Å². The Morgan fingerprint density at radius 3 is 2.54 bits per heavy atom. The van der Waals surface area contributed by atoms with Gasteiger partial charge in [0.05, 0.1) is 5.92 Å². The van der Waals surface area contributed by atoms with E-state index >= 15 is 0 Å². The SMILES string of the molecule is CC(C)CCNC(=O)C1CC1(Cl)Cl. The molecule has 0 saturated heterocycles. The van der Waals surface area contributed by atoms with E-state index in [2.05, 4.69) is 19.2 Å². The summed E-state index contributed by atoms with van der Waals surface area (Å²) < 4.78 is -0.790. The van der Waals surface area contributed by atoms with Crippen molar-refractivity contribution in [1.82, 2.24) is 5.32 Å². The summed E-state index contributed by atoms with van der Waals surface area (Å²) in [4.78, 5) is 11.3. The molecule has 0 aliphatic heterocycles. The van der Waals surface area contributed by atoms with Crippen LogP contribution in [-0.2, 0) is 4.79 Å². The van der Waals surface area contributed by atoms with E-state index in [0.29, 0.717) is 12.3 Å². The van der Waals surface area contributed by atoms with Crippen molar-refractivity contribution in [2.24, 2.45) is 11.8 Å². The highest BCUT2D eigenvalue weighted by molar-refractivity contribution is 6.52. The standard InChI is InChI=1S/C9H15Cl2NO/c1-6(2)3-4-12-8(13)7-5-9(7,10)11/h6-7H,3-5H2,1-2H3,(H,12,13). The van der Waals surface area contributed by atoms with Crippen LogP contribution in [-0.4, -0.2) is 16.8 Å². The van der Waals surface area contributed by atoms with E-state index in [-0.39, 0.29) is 11.8 Å². The molecule has 0 bridgehead atoms. The Morgan fingerprint density at radius 2 is 2.15 bits per heavy atom. The number of rotatable bonds is 4. The molecule has 1 aliphatic carbocycles. The number of amides is 1. The second-order valence-corrected chi connectivity index (χ2v) is 5.53. The Bertz CT molecular complexity index is 204. The monoisotopic (exact) mass is 223 g/mol. The Morgan fingerprint density at radius 1 is 1.62 bits per heavy atom. The van der Waals surface area contributed by atoms with E-state index in [1.54, 1.807) is 0 Å². The van der Waals surface area contributed by atoms with Crippen LogP contribution < -0.4 is 5.32 Å². The highest BCUT2D eigenvalue weighted by atomic mass is 35.5. The van der Waals surface area contributed by atoms with E-state index in [1.807, 2.05) is 0 Å². The summed E-state index contributed by atoms with van der Waals surface area (Å²) in [5.41, 5.74) is 0. The summed E-state index contributed by atoms with van der Waals surface area (Å²) >= 11 is 11.5. The summed E-state index contributed by atoms with van der Waals surface area (Å²) in [5, 5.41) is 2.82. The molecule has 1 atom stereocenters. The third-order valence-corrected chi connectivity index (χ3v) is 3.00. The summed E-state index contributed by atoms with van der Waals surface area (Å²) in [6.07, 6.45) is 1.58. The van der Waals surface area contributed by atoms with Crippen LogP contribution in [0.5, 0.6) is 0 Å². The van der Waals surface area contributed by atoms with Crippen molar-refractivity contribution >= 4 is 29.1 Å². The van der Waals surface area contributed by atoms with Gasteiger partial charge in [-0.1, -0.05) is 13.8 Å². The number of halogens is 2. The largest absolute Gasteiger partial charge is 0.356 e. The quantitative estimate of drug-likeness (QED) is 0.729. The first-order valence-electron chi connectivity index (χ1n) is 4.59. The van der Waals surface area contributed by atoms with Crippen molar-refractivity contribution in [3.8, 4) is 0 Å². The van der Waals surface area contributed by atoms with Crippen molar-refractivity contribution < 1.29 is 4.79 Å².